The molecular formula is C7H6Cl3N. The molecular weight excluding hydrogens is 204 g/mol. The van der Waals surface area contributed by atoms with Crippen molar-refractivity contribution in [2.24, 2.45) is 0 Å². The zero-order valence-electron chi connectivity index (χ0n) is 5.52. The van der Waals surface area contributed by atoms with Gasteiger partial charge in [0, 0.05) is 11.3 Å². The van der Waals surface area contributed by atoms with Gasteiger partial charge in [0.15, 0.2) is 0 Å². The van der Waals surface area contributed by atoms with Crippen molar-refractivity contribution in [1.82, 2.24) is 0 Å². The van der Waals surface area contributed by atoms with Gasteiger partial charge in [-0.3, -0.25) is 0 Å². The van der Waals surface area contributed by atoms with Gasteiger partial charge in [-0.15, -0.1) is 0 Å². The molecule has 2 N–H and O–H groups in total. The maximum absolute atomic E-state index is 5.61. The summed E-state index contributed by atoms with van der Waals surface area (Å²) in [5.74, 6) is 0. The van der Waals surface area contributed by atoms with E-state index in [4.69, 9.17) is 40.5 Å². The first-order chi connectivity index (χ1) is 5.02. The second kappa shape index (κ2) is 3.10. The maximum atomic E-state index is 5.61. The third-order valence-corrected chi connectivity index (χ3v) is 1.88. The monoisotopic (exact) mass is 209 g/mol. The fourth-order valence-electron chi connectivity index (χ4n) is 0.755. The van der Waals surface area contributed by atoms with Crippen LogP contribution < -0.4 is 5.73 Å². The van der Waals surface area contributed by atoms with Crippen molar-refractivity contribution in [3.05, 3.63) is 29.8 Å². The van der Waals surface area contributed by atoms with Crippen molar-refractivity contribution >= 4 is 40.5 Å². The number of para-hydroxylation sites is 1. The van der Waals surface area contributed by atoms with E-state index in [-0.39, 0.29) is 0 Å². The number of rotatable bonds is 0. The molecule has 0 heterocycles. The highest BCUT2D eigenvalue weighted by molar-refractivity contribution is 6.67. The Hall–Kier alpha value is -0.110. The highest BCUT2D eigenvalue weighted by Gasteiger charge is 2.24. The van der Waals surface area contributed by atoms with Gasteiger partial charge in [0.1, 0.15) is 0 Å². The van der Waals surface area contributed by atoms with Crippen LogP contribution in [0.15, 0.2) is 24.3 Å². The fraction of sp³-hybridized carbons (Fsp3) is 0.143. The molecule has 0 amide bonds. The summed E-state index contributed by atoms with van der Waals surface area (Å²) in [5, 5.41) is 0. The van der Waals surface area contributed by atoms with Gasteiger partial charge >= 0.3 is 0 Å². The summed E-state index contributed by atoms with van der Waals surface area (Å²) < 4.78 is -1.43. The van der Waals surface area contributed by atoms with Crippen LogP contribution >= 0.6 is 34.8 Å². The number of hydrogen-bond acceptors (Lipinski definition) is 1. The highest BCUT2D eigenvalue weighted by Crippen LogP contribution is 2.40. The van der Waals surface area contributed by atoms with E-state index in [1.165, 1.54) is 0 Å². The molecule has 0 aliphatic rings. The van der Waals surface area contributed by atoms with E-state index >= 15 is 0 Å². The average molecular weight is 210 g/mol. The minimum atomic E-state index is -1.43. The molecule has 0 radical (unpaired) electrons. The van der Waals surface area contributed by atoms with Gasteiger partial charge in [-0.25, -0.2) is 0 Å². The standard InChI is InChI=1S/C7H6Cl3N/c8-7(9,10)5-3-1-2-4-6(5)11/h1-4H,11H2. The minimum Gasteiger partial charge on any atom is -0.398 e. The van der Waals surface area contributed by atoms with Gasteiger partial charge in [0.05, 0.1) is 0 Å². The third-order valence-electron chi connectivity index (χ3n) is 1.27. The molecule has 1 aromatic rings. The molecule has 0 aliphatic carbocycles. The van der Waals surface area contributed by atoms with Crippen LogP contribution in [0, 0.1) is 0 Å². The summed E-state index contributed by atoms with van der Waals surface area (Å²) in [6.45, 7) is 0. The van der Waals surface area contributed by atoms with E-state index in [1.54, 1.807) is 24.3 Å². The van der Waals surface area contributed by atoms with Crippen LogP contribution in [0.4, 0.5) is 5.69 Å². The lowest BCUT2D eigenvalue weighted by Crippen LogP contribution is -2.04. The number of nitrogens with two attached hydrogens (primary N) is 1. The quantitative estimate of drug-likeness (QED) is 0.517. The largest absolute Gasteiger partial charge is 0.398 e. The normalized spacial score (nSPS) is 11.5. The van der Waals surface area contributed by atoms with Crippen LogP contribution in [0.3, 0.4) is 0 Å². The van der Waals surface area contributed by atoms with E-state index in [1.807, 2.05) is 0 Å². The minimum absolute atomic E-state index is 0.493. The van der Waals surface area contributed by atoms with Crippen molar-refractivity contribution in [2.45, 2.75) is 3.79 Å². The van der Waals surface area contributed by atoms with Crippen LogP contribution in [-0.4, -0.2) is 0 Å². The average Bonchev–Trinajstić information content (AvgIpc) is 1.86. The first kappa shape index (κ1) is 8.98. The molecule has 60 valence electrons. The molecule has 1 aromatic carbocycles. The predicted octanol–water partition coefficient (Wildman–Crippen LogP) is 3.10. The Balaban J connectivity index is 3.14. The Kier molecular flexibility index (Phi) is 2.53. The molecule has 0 saturated carbocycles. The van der Waals surface area contributed by atoms with E-state index < -0.39 is 3.79 Å². The molecule has 1 rings (SSSR count). The van der Waals surface area contributed by atoms with E-state index in [0.717, 1.165) is 0 Å². The molecule has 0 fully saturated rings. The first-order valence-electron chi connectivity index (χ1n) is 2.93. The summed E-state index contributed by atoms with van der Waals surface area (Å²) in [5.41, 5.74) is 6.56. The summed E-state index contributed by atoms with van der Waals surface area (Å²) in [6.07, 6.45) is 0. The second-order valence-corrected chi connectivity index (χ2v) is 4.37. The fourth-order valence-corrected chi connectivity index (χ4v) is 1.27. The van der Waals surface area contributed by atoms with Crippen LogP contribution in [0.1, 0.15) is 5.56 Å². The van der Waals surface area contributed by atoms with Crippen LogP contribution in [-0.2, 0) is 3.79 Å². The maximum Gasteiger partial charge on any atom is 0.218 e. The van der Waals surface area contributed by atoms with E-state index in [0.29, 0.717) is 11.3 Å². The van der Waals surface area contributed by atoms with Gasteiger partial charge in [-0.2, -0.15) is 0 Å². The van der Waals surface area contributed by atoms with Gasteiger partial charge in [-0.1, -0.05) is 53.0 Å². The lowest BCUT2D eigenvalue weighted by atomic mass is 10.2. The number of anilines is 1. The number of alkyl halides is 3. The SMILES string of the molecule is Nc1ccccc1C(Cl)(Cl)Cl. The van der Waals surface area contributed by atoms with Crippen LogP contribution in [0.5, 0.6) is 0 Å². The second-order valence-electron chi connectivity index (χ2n) is 2.09. The Morgan fingerprint density at radius 3 is 2.00 bits per heavy atom. The lowest BCUT2D eigenvalue weighted by molar-refractivity contribution is 1.25. The summed E-state index contributed by atoms with van der Waals surface area (Å²) in [7, 11) is 0. The zero-order chi connectivity index (χ0) is 8.48. The van der Waals surface area contributed by atoms with Gasteiger partial charge in [-0.05, 0) is 6.07 Å². The summed E-state index contributed by atoms with van der Waals surface area (Å²) in [4.78, 5) is 0. The van der Waals surface area contributed by atoms with Gasteiger partial charge in [0.2, 0.25) is 3.79 Å². The zero-order valence-corrected chi connectivity index (χ0v) is 7.79. The molecule has 0 aromatic heterocycles. The molecule has 1 nitrogen and oxygen atoms in total. The van der Waals surface area contributed by atoms with Gasteiger partial charge in [0.25, 0.3) is 0 Å². The molecule has 0 saturated heterocycles. The topological polar surface area (TPSA) is 26.0 Å². The first-order valence-corrected chi connectivity index (χ1v) is 4.07. The van der Waals surface area contributed by atoms with Crippen molar-refractivity contribution in [1.29, 1.82) is 0 Å². The Morgan fingerprint density at radius 1 is 1.09 bits per heavy atom. The Bertz CT molecular complexity index is 254. The lowest BCUT2D eigenvalue weighted by Gasteiger charge is -2.12. The molecule has 4 heteroatoms. The molecule has 0 unspecified atom stereocenters. The molecule has 0 bridgehead atoms. The molecule has 11 heavy (non-hydrogen) atoms. The number of halogens is 3. The van der Waals surface area contributed by atoms with Crippen molar-refractivity contribution in [3.63, 3.8) is 0 Å². The summed E-state index contributed by atoms with van der Waals surface area (Å²) >= 11 is 16.8. The highest BCUT2D eigenvalue weighted by atomic mass is 35.6. The smallest absolute Gasteiger partial charge is 0.218 e. The van der Waals surface area contributed by atoms with Crippen LogP contribution in [0.25, 0.3) is 0 Å². The number of nitrogen functional groups attached to an aromatic ring is 1. The molecule has 0 aliphatic heterocycles. The van der Waals surface area contributed by atoms with Crippen molar-refractivity contribution < 1.29 is 0 Å². The molecule has 0 atom stereocenters. The van der Waals surface area contributed by atoms with Crippen molar-refractivity contribution in [2.75, 3.05) is 5.73 Å². The Labute approximate surface area is 80.0 Å². The van der Waals surface area contributed by atoms with Crippen LogP contribution in [0.2, 0.25) is 0 Å². The van der Waals surface area contributed by atoms with Crippen molar-refractivity contribution in [3.8, 4) is 0 Å². The summed E-state index contributed by atoms with van der Waals surface area (Å²) in [6, 6.07) is 6.93. The Morgan fingerprint density at radius 2 is 1.64 bits per heavy atom. The number of hydrogen-bond donors (Lipinski definition) is 1. The predicted molar refractivity (Wildman–Crippen MR) is 50.1 cm³/mol. The van der Waals surface area contributed by atoms with Gasteiger partial charge < -0.3 is 5.73 Å². The molecule has 0 spiro atoms. The number of benzene rings is 1. The third kappa shape index (κ3) is 2.16. The van der Waals surface area contributed by atoms with E-state index in [2.05, 4.69) is 0 Å². The van der Waals surface area contributed by atoms with E-state index in [9.17, 15) is 0 Å².